The van der Waals surface area contributed by atoms with Gasteiger partial charge in [-0.05, 0) is 20.1 Å². The standard InChI is InChI=1S/C5H12FOP/c1-5(2)7-8(3,4)6/h5H,3H2,1-2,4H3. The van der Waals surface area contributed by atoms with Crippen LogP contribution in [-0.4, -0.2) is 19.1 Å². The Morgan fingerprint density at radius 1 is 1.62 bits per heavy atom. The molecule has 1 nitrogen and oxygen atoms in total. The Hall–Kier alpha value is 0.190. The average Bonchev–Trinajstić information content (AvgIpc) is 1.21. The lowest BCUT2D eigenvalue weighted by Gasteiger charge is -2.11. The Morgan fingerprint density at radius 2 is 2.00 bits per heavy atom. The third-order valence-electron chi connectivity index (χ3n) is 0.431. The zero-order valence-electron chi connectivity index (χ0n) is 5.52. The van der Waals surface area contributed by atoms with Gasteiger partial charge in [0.1, 0.15) is 0 Å². The van der Waals surface area contributed by atoms with Crippen LogP contribution in [-0.2, 0) is 4.52 Å². The molecule has 1 unspecified atom stereocenters. The number of hydrogen-bond acceptors (Lipinski definition) is 1. The molecule has 0 aromatic carbocycles. The molecule has 0 aliphatic rings. The van der Waals surface area contributed by atoms with Crippen LogP contribution in [0.1, 0.15) is 13.8 Å². The Bertz CT molecular complexity index is 105. The van der Waals surface area contributed by atoms with Gasteiger partial charge in [0, 0.05) is 6.66 Å². The molecule has 3 heteroatoms. The van der Waals surface area contributed by atoms with Crippen molar-refractivity contribution in [3.8, 4) is 0 Å². The van der Waals surface area contributed by atoms with E-state index in [0.29, 0.717) is 0 Å². The van der Waals surface area contributed by atoms with Gasteiger partial charge >= 0.3 is 0 Å². The van der Waals surface area contributed by atoms with Crippen LogP contribution in [0.15, 0.2) is 0 Å². The predicted molar refractivity (Wildman–Crippen MR) is 37.3 cm³/mol. The minimum atomic E-state index is -2.72. The van der Waals surface area contributed by atoms with Crippen molar-refractivity contribution in [3.05, 3.63) is 0 Å². The molecular formula is C5H12FOP. The summed E-state index contributed by atoms with van der Waals surface area (Å²) in [7, 11) is -2.72. The minimum absolute atomic E-state index is 0.0455. The zero-order valence-corrected chi connectivity index (χ0v) is 6.41. The number of halogens is 1. The first-order valence-corrected chi connectivity index (χ1v) is 4.74. The first kappa shape index (κ1) is 8.19. The normalized spacial score (nSPS) is 18.6. The second-order valence-corrected chi connectivity index (χ2v) is 4.32. The van der Waals surface area contributed by atoms with Crippen LogP contribution < -0.4 is 0 Å². The Balaban J connectivity index is 3.56. The van der Waals surface area contributed by atoms with Crippen molar-refractivity contribution >= 4 is 13.7 Å². The van der Waals surface area contributed by atoms with E-state index in [1.165, 1.54) is 6.66 Å². The lowest BCUT2D eigenvalue weighted by Crippen LogP contribution is -1.96. The molecule has 0 saturated carbocycles. The second-order valence-electron chi connectivity index (χ2n) is 2.14. The first-order chi connectivity index (χ1) is 3.42. The Morgan fingerprint density at radius 3 is 2.00 bits per heavy atom. The molecule has 0 heterocycles. The smallest absolute Gasteiger partial charge is 0.161 e. The largest absolute Gasteiger partial charge is 0.331 e. The molecule has 8 heavy (non-hydrogen) atoms. The topological polar surface area (TPSA) is 9.23 Å². The van der Waals surface area contributed by atoms with E-state index in [1.54, 1.807) is 13.8 Å². The molecular weight excluding hydrogens is 126 g/mol. The predicted octanol–water partition coefficient (Wildman–Crippen LogP) is 2.29. The van der Waals surface area contributed by atoms with Gasteiger partial charge in [0.05, 0.1) is 6.10 Å². The molecule has 0 fully saturated rings. The van der Waals surface area contributed by atoms with Crippen LogP contribution in [0.2, 0.25) is 0 Å². The van der Waals surface area contributed by atoms with E-state index in [-0.39, 0.29) is 6.10 Å². The fraction of sp³-hybridized carbons (Fsp3) is 0.800. The maximum Gasteiger partial charge on any atom is 0.161 e. The molecule has 0 saturated heterocycles. The van der Waals surface area contributed by atoms with Gasteiger partial charge in [-0.25, -0.2) is 4.20 Å². The van der Waals surface area contributed by atoms with Crippen molar-refractivity contribution in [2.45, 2.75) is 20.0 Å². The second kappa shape index (κ2) is 2.65. The highest BCUT2D eigenvalue weighted by Crippen LogP contribution is 2.44. The molecule has 0 radical (unpaired) electrons. The lowest BCUT2D eigenvalue weighted by atomic mass is 10.5. The summed E-state index contributed by atoms with van der Waals surface area (Å²) in [6.45, 7) is 4.99. The third-order valence-corrected chi connectivity index (χ3v) is 1.29. The molecule has 1 atom stereocenters. The first-order valence-electron chi connectivity index (χ1n) is 2.51. The SMILES string of the molecule is C=P(C)(F)OC(C)C. The molecule has 0 aromatic heterocycles. The van der Waals surface area contributed by atoms with E-state index in [1.807, 2.05) is 0 Å². The highest BCUT2D eigenvalue weighted by atomic mass is 31.2. The van der Waals surface area contributed by atoms with E-state index in [4.69, 9.17) is 4.52 Å². The van der Waals surface area contributed by atoms with E-state index >= 15 is 0 Å². The molecule has 0 rings (SSSR count). The maximum atomic E-state index is 12.4. The van der Waals surface area contributed by atoms with E-state index in [0.717, 1.165) is 0 Å². The Labute approximate surface area is 50.0 Å². The van der Waals surface area contributed by atoms with Crippen molar-refractivity contribution in [1.82, 2.24) is 0 Å². The Kier molecular flexibility index (Phi) is 2.72. The van der Waals surface area contributed by atoms with Crippen LogP contribution in [0.4, 0.5) is 4.20 Å². The average molecular weight is 138 g/mol. The van der Waals surface area contributed by atoms with Gasteiger partial charge in [0.25, 0.3) is 0 Å². The fourth-order valence-electron chi connectivity index (χ4n) is 0.440. The van der Waals surface area contributed by atoms with E-state index in [2.05, 4.69) is 6.30 Å². The summed E-state index contributed by atoms with van der Waals surface area (Å²) in [6.07, 6.45) is 3.19. The molecule has 0 bridgehead atoms. The van der Waals surface area contributed by atoms with Crippen molar-refractivity contribution in [2.24, 2.45) is 0 Å². The van der Waals surface area contributed by atoms with Crippen LogP contribution in [0.3, 0.4) is 0 Å². The quantitative estimate of drug-likeness (QED) is 0.532. The van der Waals surface area contributed by atoms with E-state index < -0.39 is 7.42 Å². The fourth-order valence-corrected chi connectivity index (χ4v) is 1.32. The monoisotopic (exact) mass is 138 g/mol. The summed E-state index contributed by atoms with van der Waals surface area (Å²) in [5.41, 5.74) is 0. The van der Waals surface area contributed by atoms with Crippen molar-refractivity contribution in [2.75, 3.05) is 6.66 Å². The van der Waals surface area contributed by atoms with Gasteiger partial charge in [-0.3, -0.25) is 0 Å². The summed E-state index contributed by atoms with van der Waals surface area (Å²) in [5.74, 6) is 0. The number of rotatable bonds is 2. The van der Waals surface area contributed by atoms with Gasteiger partial charge in [-0.2, -0.15) is 0 Å². The van der Waals surface area contributed by atoms with E-state index in [9.17, 15) is 4.20 Å². The minimum Gasteiger partial charge on any atom is -0.331 e. The molecule has 0 amide bonds. The molecule has 0 aliphatic heterocycles. The molecule has 0 spiro atoms. The van der Waals surface area contributed by atoms with Crippen LogP contribution in [0.25, 0.3) is 0 Å². The zero-order chi connectivity index (χ0) is 6.78. The van der Waals surface area contributed by atoms with Gasteiger partial charge in [-0.15, -0.1) is 0 Å². The van der Waals surface area contributed by atoms with Gasteiger partial charge in [0.15, 0.2) is 7.42 Å². The summed E-state index contributed by atoms with van der Waals surface area (Å²) in [5, 5.41) is 0. The van der Waals surface area contributed by atoms with Gasteiger partial charge in [-0.1, -0.05) is 0 Å². The lowest BCUT2D eigenvalue weighted by molar-refractivity contribution is 0.256. The summed E-state index contributed by atoms with van der Waals surface area (Å²) in [6, 6.07) is 0. The van der Waals surface area contributed by atoms with Crippen LogP contribution in [0.5, 0.6) is 0 Å². The highest BCUT2D eigenvalue weighted by Gasteiger charge is 2.05. The van der Waals surface area contributed by atoms with Crippen molar-refractivity contribution in [1.29, 1.82) is 0 Å². The molecule has 0 N–H and O–H groups in total. The molecule has 0 aliphatic carbocycles. The van der Waals surface area contributed by atoms with Crippen molar-refractivity contribution < 1.29 is 8.72 Å². The van der Waals surface area contributed by atoms with Gasteiger partial charge < -0.3 is 4.52 Å². The van der Waals surface area contributed by atoms with Crippen LogP contribution in [0, 0.1) is 0 Å². The van der Waals surface area contributed by atoms with Crippen LogP contribution >= 0.6 is 7.42 Å². The molecule has 50 valence electrons. The number of hydrogen-bond donors (Lipinski definition) is 0. The molecule has 0 aromatic rings. The summed E-state index contributed by atoms with van der Waals surface area (Å²) >= 11 is 0. The van der Waals surface area contributed by atoms with Gasteiger partial charge in [0.2, 0.25) is 0 Å². The third kappa shape index (κ3) is 6.19. The van der Waals surface area contributed by atoms with Crippen molar-refractivity contribution in [3.63, 3.8) is 0 Å². The summed E-state index contributed by atoms with van der Waals surface area (Å²) in [4.78, 5) is 0. The maximum absolute atomic E-state index is 12.4. The highest BCUT2D eigenvalue weighted by molar-refractivity contribution is 7.63. The summed E-state index contributed by atoms with van der Waals surface area (Å²) < 4.78 is 17.2.